The summed E-state index contributed by atoms with van der Waals surface area (Å²) in [5.74, 6) is 2.01. The fourth-order valence-electron chi connectivity index (χ4n) is 1.95. The van der Waals surface area contributed by atoms with Crippen LogP contribution in [0.1, 0.15) is 33.1 Å². The zero-order valence-electron chi connectivity index (χ0n) is 10.1. The molecule has 0 aromatic heterocycles. The lowest BCUT2D eigenvalue weighted by Crippen LogP contribution is -2.23. The number of nitrogens with one attached hydrogen (secondary N) is 1. The number of unbranched alkanes of at least 4 members (excludes halogenated alkanes) is 1. The van der Waals surface area contributed by atoms with E-state index >= 15 is 0 Å². The molecule has 0 aliphatic heterocycles. The molecule has 0 amide bonds. The first-order chi connectivity index (χ1) is 6.74. The van der Waals surface area contributed by atoms with Gasteiger partial charge in [-0.1, -0.05) is 13.8 Å². The third-order valence-electron chi connectivity index (χ3n) is 3.22. The molecule has 1 rings (SSSR count). The lowest BCUT2D eigenvalue weighted by atomic mass is 10.2. The zero-order chi connectivity index (χ0) is 10.4. The van der Waals surface area contributed by atoms with Crippen molar-refractivity contribution in [3.05, 3.63) is 0 Å². The molecule has 1 aliphatic carbocycles. The van der Waals surface area contributed by atoms with Crippen molar-refractivity contribution in [2.45, 2.75) is 33.1 Å². The lowest BCUT2D eigenvalue weighted by Gasteiger charge is -2.16. The molecule has 0 heterocycles. The summed E-state index contributed by atoms with van der Waals surface area (Å²) in [6, 6.07) is 0. The van der Waals surface area contributed by atoms with E-state index in [1.165, 1.54) is 38.9 Å². The van der Waals surface area contributed by atoms with Gasteiger partial charge in [-0.3, -0.25) is 0 Å². The van der Waals surface area contributed by atoms with E-state index in [-0.39, 0.29) is 0 Å². The van der Waals surface area contributed by atoms with Crippen molar-refractivity contribution >= 4 is 0 Å². The predicted octanol–water partition coefficient (Wildman–Crippen LogP) is 1.96. The summed E-state index contributed by atoms with van der Waals surface area (Å²) in [6.07, 6.45) is 4.12. The summed E-state index contributed by atoms with van der Waals surface area (Å²) in [4.78, 5) is 2.50. The number of hydrogen-bond donors (Lipinski definition) is 1. The van der Waals surface area contributed by atoms with Crippen LogP contribution in [0.25, 0.3) is 0 Å². The van der Waals surface area contributed by atoms with Gasteiger partial charge >= 0.3 is 0 Å². The molecule has 2 heteroatoms. The molecule has 0 saturated heterocycles. The first-order valence-electron chi connectivity index (χ1n) is 6.13. The standard InChI is InChI=1S/C12H26N2/c1-4-13-7-5-6-8-14(3)10-12-9-11(12)2/h11-13H,4-10H2,1-3H3. The quantitative estimate of drug-likeness (QED) is 0.600. The Morgan fingerprint density at radius 2 is 2.07 bits per heavy atom. The van der Waals surface area contributed by atoms with Crippen LogP contribution in [0.5, 0.6) is 0 Å². The fraction of sp³-hybridized carbons (Fsp3) is 1.00. The van der Waals surface area contributed by atoms with Gasteiger partial charge in [0.25, 0.3) is 0 Å². The second kappa shape index (κ2) is 6.41. The highest BCUT2D eigenvalue weighted by atomic mass is 15.1. The average Bonchev–Trinajstić information content (AvgIpc) is 2.81. The van der Waals surface area contributed by atoms with Gasteiger partial charge in [0, 0.05) is 6.54 Å². The minimum Gasteiger partial charge on any atom is -0.317 e. The maximum absolute atomic E-state index is 3.36. The van der Waals surface area contributed by atoms with Crippen molar-refractivity contribution in [2.75, 3.05) is 33.2 Å². The normalized spacial score (nSPS) is 25.7. The lowest BCUT2D eigenvalue weighted by molar-refractivity contribution is 0.307. The first-order valence-corrected chi connectivity index (χ1v) is 6.13. The summed E-state index contributed by atoms with van der Waals surface area (Å²) in [5, 5.41) is 3.36. The fourth-order valence-corrected chi connectivity index (χ4v) is 1.95. The van der Waals surface area contributed by atoms with E-state index in [0.29, 0.717) is 0 Å². The molecule has 2 atom stereocenters. The van der Waals surface area contributed by atoms with E-state index in [1.54, 1.807) is 0 Å². The van der Waals surface area contributed by atoms with Crippen molar-refractivity contribution in [1.29, 1.82) is 0 Å². The molecule has 1 fully saturated rings. The third kappa shape index (κ3) is 4.97. The van der Waals surface area contributed by atoms with Gasteiger partial charge in [0.2, 0.25) is 0 Å². The van der Waals surface area contributed by atoms with Gasteiger partial charge in [-0.2, -0.15) is 0 Å². The molecule has 1 saturated carbocycles. The highest BCUT2D eigenvalue weighted by Gasteiger charge is 2.32. The van der Waals surface area contributed by atoms with Gasteiger partial charge in [-0.25, -0.2) is 0 Å². The van der Waals surface area contributed by atoms with Crippen LogP contribution in [0, 0.1) is 11.8 Å². The highest BCUT2D eigenvalue weighted by Crippen LogP contribution is 2.37. The van der Waals surface area contributed by atoms with Crippen LogP contribution in [-0.4, -0.2) is 38.1 Å². The van der Waals surface area contributed by atoms with Crippen LogP contribution >= 0.6 is 0 Å². The Hall–Kier alpha value is -0.0800. The topological polar surface area (TPSA) is 15.3 Å². The van der Waals surface area contributed by atoms with E-state index in [2.05, 4.69) is 31.1 Å². The van der Waals surface area contributed by atoms with Gasteiger partial charge in [-0.05, 0) is 57.8 Å². The second-order valence-electron chi connectivity index (χ2n) is 4.80. The van der Waals surface area contributed by atoms with Crippen LogP contribution in [0.4, 0.5) is 0 Å². The highest BCUT2D eigenvalue weighted by molar-refractivity contribution is 4.84. The Bertz CT molecular complexity index is 147. The maximum Gasteiger partial charge on any atom is 0.000926 e. The van der Waals surface area contributed by atoms with E-state index in [9.17, 15) is 0 Å². The molecule has 1 aliphatic rings. The van der Waals surface area contributed by atoms with E-state index in [1.807, 2.05) is 0 Å². The molecule has 14 heavy (non-hydrogen) atoms. The zero-order valence-corrected chi connectivity index (χ0v) is 10.1. The number of nitrogens with zero attached hydrogens (tertiary/aromatic N) is 1. The van der Waals surface area contributed by atoms with Crippen molar-refractivity contribution in [3.8, 4) is 0 Å². The van der Waals surface area contributed by atoms with E-state index < -0.39 is 0 Å². The molecular formula is C12H26N2. The molecular weight excluding hydrogens is 172 g/mol. The van der Waals surface area contributed by atoms with Crippen LogP contribution < -0.4 is 5.32 Å². The van der Waals surface area contributed by atoms with Crippen LogP contribution in [0.3, 0.4) is 0 Å². The van der Waals surface area contributed by atoms with Crippen molar-refractivity contribution in [1.82, 2.24) is 10.2 Å². The van der Waals surface area contributed by atoms with Gasteiger partial charge in [0.05, 0.1) is 0 Å². The molecule has 84 valence electrons. The van der Waals surface area contributed by atoms with Crippen molar-refractivity contribution < 1.29 is 0 Å². The van der Waals surface area contributed by atoms with Gasteiger partial charge in [0.15, 0.2) is 0 Å². The average molecular weight is 198 g/mol. The van der Waals surface area contributed by atoms with E-state index in [4.69, 9.17) is 0 Å². The monoisotopic (exact) mass is 198 g/mol. The molecule has 1 N–H and O–H groups in total. The van der Waals surface area contributed by atoms with Gasteiger partial charge < -0.3 is 10.2 Å². The Morgan fingerprint density at radius 3 is 2.64 bits per heavy atom. The maximum atomic E-state index is 3.36. The van der Waals surface area contributed by atoms with Crippen molar-refractivity contribution in [2.24, 2.45) is 11.8 Å². The first kappa shape index (κ1) is 12.0. The Kier molecular flexibility index (Phi) is 5.49. The summed E-state index contributed by atoms with van der Waals surface area (Å²) in [5.41, 5.74) is 0. The molecule has 0 aromatic rings. The summed E-state index contributed by atoms with van der Waals surface area (Å²) >= 11 is 0. The summed E-state index contributed by atoms with van der Waals surface area (Å²) < 4.78 is 0. The third-order valence-corrected chi connectivity index (χ3v) is 3.22. The largest absolute Gasteiger partial charge is 0.317 e. The van der Waals surface area contributed by atoms with Crippen LogP contribution in [-0.2, 0) is 0 Å². The minimum atomic E-state index is 0.999. The van der Waals surface area contributed by atoms with Crippen molar-refractivity contribution in [3.63, 3.8) is 0 Å². The summed E-state index contributed by atoms with van der Waals surface area (Å²) in [7, 11) is 2.26. The van der Waals surface area contributed by atoms with Gasteiger partial charge in [-0.15, -0.1) is 0 Å². The molecule has 0 radical (unpaired) electrons. The van der Waals surface area contributed by atoms with E-state index in [0.717, 1.165) is 18.4 Å². The second-order valence-corrected chi connectivity index (χ2v) is 4.80. The summed E-state index contributed by atoms with van der Waals surface area (Å²) in [6.45, 7) is 9.42. The Labute approximate surface area is 89.1 Å². The molecule has 2 nitrogen and oxygen atoms in total. The predicted molar refractivity (Wildman–Crippen MR) is 62.5 cm³/mol. The Balaban J connectivity index is 1.85. The Morgan fingerprint density at radius 1 is 1.36 bits per heavy atom. The smallest absolute Gasteiger partial charge is 0.000926 e. The number of rotatable bonds is 8. The van der Waals surface area contributed by atoms with Crippen LogP contribution in [0.2, 0.25) is 0 Å². The van der Waals surface area contributed by atoms with Gasteiger partial charge in [0.1, 0.15) is 0 Å². The SMILES string of the molecule is CCNCCCCN(C)CC1CC1C. The van der Waals surface area contributed by atoms with Crippen LogP contribution in [0.15, 0.2) is 0 Å². The molecule has 2 unspecified atom stereocenters. The number of hydrogen-bond acceptors (Lipinski definition) is 2. The molecule has 0 bridgehead atoms. The minimum absolute atomic E-state index is 0.999. The molecule has 0 aromatic carbocycles. The molecule has 0 spiro atoms.